The molecule has 0 N–H and O–H groups in total. The Morgan fingerprint density at radius 2 is 1.79 bits per heavy atom. The van der Waals surface area contributed by atoms with Crippen molar-refractivity contribution >= 4 is 5.78 Å². The van der Waals surface area contributed by atoms with E-state index in [-0.39, 0.29) is 17.5 Å². The van der Waals surface area contributed by atoms with Crippen LogP contribution in [-0.2, 0) is 6.42 Å². The third-order valence-corrected chi connectivity index (χ3v) is 2.88. The van der Waals surface area contributed by atoms with E-state index in [1.165, 1.54) is 24.3 Å². The van der Waals surface area contributed by atoms with E-state index in [2.05, 4.69) is 0 Å². The lowest BCUT2D eigenvalue weighted by Gasteiger charge is -2.05. The fourth-order valence-corrected chi connectivity index (χ4v) is 1.73. The minimum Gasteiger partial charge on any atom is -0.294 e. The molecule has 2 aromatic rings. The Balaban J connectivity index is 2.26. The molecule has 0 radical (unpaired) electrons. The molecule has 2 rings (SSSR count). The van der Waals surface area contributed by atoms with Crippen molar-refractivity contribution in [3.63, 3.8) is 0 Å². The molecule has 0 saturated heterocycles. The number of rotatable bonds is 3. The molecule has 98 valence electrons. The Kier molecular flexibility index (Phi) is 3.69. The maximum Gasteiger partial charge on any atom is 0.167 e. The predicted octanol–water partition coefficient (Wildman–Crippen LogP) is 3.84. The summed E-state index contributed by atoms with van der Waals surface area (Å²) in [7, 11) is 0. The van der Waals surface area contributed by atoms with Crippen LogP contribution in [0.25, 0.3) is 0 Å². The molecule has 0 aliphatic rings. The van der Waals surface area contributed by atoms with Gasteiger partial charge in [0.25, 0.3) is 0 Å². The second-order valence-electron chi connectivity index (χ2n) is 4.28. The van der Waals surface area contributed by atoms with Gasteiger partial charge in [0.2, 0.25) is 0 Å². The molecule has 2 aromatic carbocycles. The molecule has 0 bridgehead atoms. The Morgan fingerprint density at radius 3 is 2.47 bits per heavy atom. The summed E-state index contributed by atoms with van der Waals surface area (Å²) >= 11 is 0. The Hall–Kier alpha value is -2.10. The van der Waals surface area contributed by atoms with Gasteiger partial charge in [-0.1, -0.05) is 24.3 Å². The normalized spacial score (nSPS) is 10.5. The molecule has 0 aromatic heterocycles. The van der Waals surface area contributed by atoms with Crippen LogP contribution in [0.15, 0.2) is 36.4 Å². The molecule has 19 heavy (non-hydrogen) atoms. The number of aryl methyl sites for hydroxylation is 1. The first-order valence-corrected chi connectivity index (χ1v) is 5.71. The lowest BCUT2D eigenvalue weighted by molar-refractivity contribution is 0.0991. The van der Waals surface area contributed by atoms with Crippen LogP contribution in [0.3, 0.4) is 0 Å². The van der Waals surface area contributed by atoms with Crippen LogP contribution in [0, 0.1) is 24.4 Å². The van der Waals surface area contributed by atoms with Crippen molar-refractivity contribution in [2.45, 2.75) is 13.3 Å². The van der Waals surface area contributed by atoms with Crippen LogP contribution in [0.4, 0.5) is 13.2 Å². The molecule has 0 aliphatic carbocycles. The number of hydrogen-bond acceptors (Lipinski definition) is 1. The van der Waals surface area contributed by atoms with Crippen molar-refractivity contribution in [2.75, 3.05) is 0 Å². The standard InChI is InChI=1S/C15H11F3O/c1-9-5-6-10(7-13(9)17)14(19)8-11-3-2-4-12(16)15(11)18/h2-7H,8H2,1H3. The summed E-state index contributed by atoms with van der Waals surface area (Å²) in [6, 6.07) is 7.70. The third kappa shape index (κ3) is 2.84. The zero-order chi connectivity index (χ0) is 14.0. The van der Waals surface area contributed by atoms with E-state index in [0.29, 0.717) is 5.56 Å². The summed E-state index contributed by atoms with van der Waals surface area (Å²) in [6.45, 7) is 1.58. The quantitative estimate of drug-likeness (QED) is 0.770. The van der Waals surface area contributed by atoms with Crippen LogP contribution in [0.5, 0.6) is 0 Å². The van der Waals surface area contributed by atoms with Crippen LogP contribution >= 0.6 is 0 Å². The van der Waals surface area contributed by atoms with Crippen molar-refractivity contribution in [1.29, 1.82) is 0 Å². The van der Waals surface area contributed by atoms with E-state index in [1.807, 2.05) is 0 Å². The maximum absolute atomic E-state index is 13.4. The minimum absolute atomic E-state index is 0.0361. The summed E-state index contributed by atoms with van der Waals surface area (Å²) in [5.41, 5.74) is 0.534. The molecular formula is C15H11F3O. The number of carbonyl (C=O) groups is 1. The molecule has 0 aliphatic heterocycles. The van der Waals surface area contributed by atoms with Crippen LogP contribution < -0.4 is 0 Å². The van der Waals surface area contributed by atoms with Gasteiger partial charge in [0, 0.05) is 12.0 Å². The second kappa shape index (κ2) is 5.26. The zero-order valence-electron chi connectivity index (χ0n) is 10.2. The molecular weight excluding hydrogens is 253 g/mol. The van der Waals surface area contributed by atoms with Crippen LogP contribution in [0.2, 0.25) is 0 Å². The van der Waals surface area contributed by atoms with Crippen molar-refractivity contribution in [1.82, 2.24) is 0 Å². The number of halogens is 3. The Labute approximate surface area is 108 Å². The summed E-state index contributed by atoms with van der Waals surface area (Å²) in [5.74, 6) is -2.99. The average Bonchev–Trinajstić information content (AvgIpc) is 2.38. The van der Waals surface area contributed by atoms with E-state index in [0.717, 1.165) is 12.1 Å². The fourth-order valence-electron chi connectivity index (χ4n) is 1.73. The summed E-state index contributed by atoms with van der Waals surface area (Å²) in [4.78, 5) is 11.9. The van der Waals surface area contributed by atoms with Gasteiger partial charge < -0.3 is 0 Å². The van der Waals surface area contributed by atoms with Gasteiger partial charge in [-0.15, -0.1) is 0 Å². The van der Waals surface area contributed by atoms with Crippen molar-refractivity contribution in [3.8, 4) is 0 Å². The van der Waals surface area contributed by atoms with Gasteiger partial charge in [0.15, 0.2) is 17.4 Å². The van der Waals surface area contributed by atoms with E-state index in [9.17, 15) is 18.0 Å². The molecule has 0 atom stereocenters. The predicted molar refractivity (Wildman–Crippen MR) is 65.5 cm³/mol. The first kappa shape index (κ1) is 13.3. The van der Waals surface area contributed by atoms with E-state index in [1.54, 1.807) is 6.92 Å². The molecule has 0 spiro atoms. The molecule has 1 nitrogen and oxygen atoms in total. The fraction of sp³-hybridized carbons (Fsp3) is 0.133. The van der Waals surface area contributed by atoms with Gasteiger partial charge in [-0.2, -0.15) is 0 Å². The van der Waals surface area contributed by atoms with Gasteiger partial charge in [0.05, 0.1) is 0 Å². The number of ketones is 1. The molecule has 0 unspecified atom stereocenters. The maximum atomic E-state index is 13.4. The largest absolute Gasteiger partial charge is 0.294 e. The van der Waals surface area contributed by atoms with Gasteiger partial charge >= 0.3 is 0 Å². The highest BCUT2D eigenvalue weighted by Crippen LogP contribution is 2.16. The van der Waals surface area contributed by atoms with Crippen molar-refractivity contribution in [2.24, 2.45) is 0 Å². The van der Waals surface area contributed by atoms with E-state index >= 15 is 0 Å². The highest BCUT2D eigenvalue weighted by atomic mass is 19.2. The average molecular weight is 264 g/mol. The topological polar surface area (TPSA) is 17.1 Å². The highest BCUT2D eigenvalue weighted by Gasteiger charge is 2.14. The molecule has 0 amide bonds. The zero-order valence-corrected chi connectivity index (χ0v) is 10.2. The number of carbonyl (C=O) groups excluding carboxylic acids is 1. The molecule has 0 saturated carbocycles. The van der Waals surface area contributed by atoms with Crippen LogP contribution in [0.1, 0.15) is 21.5 Å². The lowest BCUT2D eigenvalue weighted by Crippen LogP contribution is -2.07. The Bertz CT molecular complexity index is 635. The summed E-state index contributed by atoms with van der Waals surface area (Å²) in [5, 5.41) is 0. The van der Waals surface area contributed by atoms with Crippen molar-refractivity contribution < 1.29 is 18.0 Å². The number of Topliss-reactive ketones (excluding diaryl/α,β-unsaturated/α-hetero) is 1. The minimum atomic E-state index is -1.04. The van der Waals surface area contributed by atoms with Crippen molar-refractivity contribution in [3.05, 3.63) is 70.5 Å². The third-order valence-electron chi connectivity index (χ3n) is 2.88. The first-order valence-electron chi connectivity index (χ1n) is 5.71. The first-order chi connectivity index (χ1) is 8.99. The molecule has 0 heterocycles. The lowest BCUT2D eigenvalue weighted by atomic mass is 10.0. The van der Waals surface area contributed by atoms with Gasteiger partial charge in [-0.25, -0.2) is 13.2 Å². The number of hydrogen-bond donors (Lipinski definition) is 0. The smallest absolute Gasteiger partial charge is 0.167 e. The SMILES string of the molecule is Cc1ccc(C(=O)Cc2cccc(F)c2F)cc1F. The van der Waals surface area contributed by atoms with Gasteiger partial charge in [0.1, 0.15) is 5.82 Å². The second-order valence-corrected chi connectivity index (χ2v) is 4.28. The summed E-state index contributed by atoms with van der Waals surface area (Å²) < 4.78 is 39.8. The molecule has 0 fully saturated rings. The van der Waals surface area contributed by atoms with Gasteiger partial charge in [-0.3, -0.25) is 4.79 Å². The monoisotopic (exact) mass is 264 g/mol. The van der Waals surface area contributed by atoms with Gasteiger partial charge in [-0.05, 0) is 30.2 Å². The Morgan fingerprint density at radius 1 is 1.05 bits per heavy atom. The number of benzene rings is 2. The molecule has 4 heteroatoms. The van der Waals surface area contributed by atoms with E-state index in [4.69, 9.17) is 0 Å². The summed E-state index contributed by atoms with van der Waals surface area (Å²) in [6.07, 6.45) is -0.300. The van der Waals surface area contributed by atoms with E-state index < -0.39 is 23.2 Å². The highest BCUT2D eigenvalue weighted by molar-refractivity contribution is 5.97. The van der Waals surface area contributed by atoms with Crippen LogP contribution in [-0.4, -0.2) is 5.78 Å².